The molecule has 3 rings (SSSR count). The molecular weight excluding hydrogens is 380 g/mol. The summed E-state index contributed by atoms with van der Waals surface area (Å²) < 4.78 is 5.49. The van der Waals surface area contributed by atoms with Crippen molar-refractivity contribution >= 4 is 29.3 Å². The topological polar surface area (TPSA) is 75.7 Å². The Labute approximate surface area is 168 Å². The molecule has 1 aliphatic rings. The number of nitrogens with zero attached hydrogens (tertiary/aromatic N) is 1. The average molecular weight is 401 g/mol. The van der Waals surface area contributed by atoms with E-state index in [0.29, 0.717) is 30.3 Å². The molecule has 3 amide bonds. The van der Waals surface area contributed by atoms with Crippen LogP contribution in [0.2, 0.25) is 5.02 Å². The van der Waals surface area contributed by atoms with Crippen LogP contribution >= 0.6 is 11.6 Å². The van der Waals surface area contributed by atoms with Crippen LogP contribution < -0.4 is 10.1 Å². The number of nitrogens with one attached hydrogen (secondary N) is 1. The predicted molar refractivity (Wildman–Crippen MR) is 106 cm³/mol. The number of benzene rings is 2. The highest BCUT2D eigenvalue weighted by atomic mass is 35.5. The van der Waals surface area contributed by atoms with Gasteiger partial charge < -0.3 is 10.1 Å². The molecule has 2 aromatic carbocycles. The third kappa shape index (κ3) is 5.10. The second-order valence-electron chi connectivity index (χ2n) is 6.44. The van der Waals surface area contributed by atoms with Crippen LogP contribution in [0.3, 0.4) is 0 Å². The molecule has 2 aromatic rings. The molecule has 1 aliphatic heterocycles. The van der Waals surface area contributed by atoms with E-state index in [-0.39, 0.29) is 37.2 Å². The molecule has 1 N–H and O–H groups in total. The van der Waals surface area contributed by atoms with Gasteiger partial charge in [0.15, 0.2) is 6.61 Å². The molecular formula is C21H21ClN2O4. The van der Waals surface area contributed by atoms with Gasteiger partial charge in [-0.25, -0.2) is 0 Å². The van der Waals surface area contributed by atoms with Crippen LogP contribution in [0.25, 0.3) is 11.1 Å². The highest BCUT2D eigenvalue weighted by Crippen LogP contribution is 2.30. The largest absolute Gasteiger partial charge is 0.482 e. The smallest absolute Gasteiger partial charge is 0.257 e. The van der Waals surface area contributed by atoms with Crippen molar-refractivity contribution in [3.63, 3.8) is 0 Å². The number of amides is 3. The second kappa shape index (κ2) is 9.37. The van der Waals surface area contributed by atoms with Gasteiger partial charge in [-0.15, -0.1) is 0 Å². The van der Waals surface area contributed by atoms with Crippen LogP contribution in [0.4, 0.5) is 0 Å². The predicted octanol–water partition coefficient (Wildman–Crippen LogP) is 3.04. The van der Waals surface area contributed by atoms with E-state index in [1.54, 1.807) is 12.1 Å². The van der Waals surface area contributed by atoms with Crippen LogP contribution in [0, 0.1) is 0 Å². The SMILES string of the molecule is O=C(COc1ccc(-c2ccccc2)cc1Cl)NCCCN1C(=O)CCC1=O. The van der Waals surface area contributed by atoms with Gasteiger partial charge in [0.2, 0.25) is 11.8 Å². The van der Waals surface area contributed by atoms with E-state index in [4.69, 9.17) is 16.3 Å². The lowest BCUT2D eigenvalue weighted by Gasteiger charge is -2.14. The first kappa shape index (κ1) is 19.9. The Hall–Kier alpha value is -2.86. The highest BCUT2D eigenvalue weighted by Gasteiger charge is 2.27. The summed E-state index contributed by atoms with van der Waals surface area (Å²) in [6.45, 7) is 0.525. The molecule has 6 nitrogen and oxygen atoms in total. The Morgan fingerprint density at radius 1 is 1.04 bits per heavy atom. The van der Waals surface area contributed by atoms with Gasteiger partial charge in [0, 0.05) is 25.9 Å². The number of rotatable bonds is 8. The summed E-state index contributed by atoms with van der Waals surface area (Å²) >= 11 is 6.26. The molecule has 0 spiro atoms. The average Bonchev–Trinajstić information content (AvgIpc) is 3.02. The Balaban J connectivity index is 1.42. The van der Waals surface area contributed by atoms with Gasteiger partial charge >= 0.3 is 0 Å². The van der Waals surface area contributed by atoms with E-state index in [1.807, 2.05) is 36.4 Å². The van der Waals surface area contributed by atoms with Crippen molar-refractivity contribution in [2.24, 2.45) is 0 Å². The molecule has 0 saturated carbocycles. The van der Waals surface area contributed by atoms with Crippen molar-refractivity contribution in [2.45, 2.75) is 19.3 Å². The molecule has 1 fully saturated rings. The zero-order valence-corrected chi connectivity index (χ0v) is 16.1. The van der Waals surface area contributed by atoms with Gasteiger partial charge in [0.05, 0.1) is 5.02 Å². The number of carbonyl (C=O) groups is 3. The van der Waals surface area contributed by atoms with Crippen molar-refractivity contribution < 1.29 is 19.1 Å². The number of carbonyl (C=O) groups excluding carboxylic acids is 3. The molecule has 146 valence electrons. The van der Waals surface area contributed by atoms with Gasteiger partial charge in [-0.3, -0.25) is 19.3 Å². The molecule has 1 saturated heterocycles. The van der Waals surface area contributed by atoms with Crippen LogP contribution in [-0.4, -0.2) is 42.3 Å². The van der Waals surface area contributed by atoms with E-state index < -0.39 is 0 Å². The number of hydrogen-bond donors (Lipinski definition) is 1. The van der Waals surface area contributed by atoms with Crippen molar-refractivity contribution in [3.05, 3.63) is 53.6 Å². The highest BCUT2D eigenvalue weighted by molar-refractivity contribution is 6.32. The van der Waals surface area contributed by atoms with Crippen LogP contribution in [0.5, 0.6) is 5.75 Å². The molecule has 28 heavy (non-hydrogen) atoms. The fourth-order valence-corrected chi connectivity index (χ4v) is 3.19. The van der Waals surface area contributed by atoms with E-state index in [9.17, 15) is 14.4 Å². The summed E-state index contributed by atoms with van der Waals surface area (Å²) in [7, 11) is 0. The first-order chi connectivity index (χ1) is 13.5. The zero-order chi connectivity index (χ0) is 19.9. The molecule has 0 radical (unpaired) electrons. The van der Waals surface area contributed by atoms with E-state index in [2.05, 4.69) is 5.32 Å². The molecule has 7 heteroatoms. The monoisotopic (exact) mass is 400 g/mol. The lowest BCUT2D eigenvalue weighted by molar-refractivity contribution is -0.138. The summed E-state index contributed by atoms with van der Waals surface area (Å²) in [5.74, 6) is -0.145. The fourth-order valence-electron chi connectivity index (χ4n) is 2.96. The van der Waals surface area contributed by atoms with Gasteiger partial charge in [-0.05, 0) is 29.7 Å². The number of hydrogen-bond acceptors (Lipinski definition) is 4. The lowest BCUT2D eigenvalue weighted by atomic mass is 10.1. The normalized spacial score (nSPS) is 13.7. The van der Waals surface area contributed by atoms with E-state index >= 15 is 0 Å². The maximum atomic E-state index is 11.9. The van der Waals surface area contributed by atoms with Crippen LogP contribution in [0.15, 0.2) is 48.5 Å². The molecule has 0 unspecified atom stereocenters. The summed E-state index contributed by atoms with van der Waals surface area (Å²) in [4.78, 5) is 36.2. The van der Waals surface area contributed by atoms with Gasteiger partial charge in [-0.1, -0.05) is 48.0 Å². The van der Waals surface area contributed by atoms with E-state index in [0.717, 1.165) is 11.1 Å². The maximum Gasteiger partial charge on any atom is 0.257 e. The first-order valence-corrected chi connectivity index (χ1v) is 9.50. The standard InChI is InChI=1S/C21H21ClN2O4/c22-17-13-16(15-5-2-1-3-6-15)7-8-18(17)28-14-19(25)23-11-4-12-24-20(26)9-10-21(24)27/h1-3,5-8,13H,4,9-12,14H2,(H,23,25). The third-order valence-electron chi connectivity index (χ3n) is 4.43. The Morgan fingerprint density at radius 3 is 2.43 bits per heavy atom. The molecule has 0 bridgehead atoms. The fraction of sp³-hybridized carbons (Fsp3) is 0.286. The quantitative estimate of drug-likeness (QED) is 0.546. The third-order valence-corrected chi connectivity index (χ3v) is 4.73. The minimum absolute atomic E-state index is 0.145. The first-order valence-electron chi connectivity index (χ1n) is 9.12. The zero-order valence-electron chi connectivity index (χ0n) is 15.3. The molecule has 0 atom stereocenters. The Kier molecular flexibility index (Phi) is 6.66. The molecule has 0 aliphatic carbocycles. The van der Waals surface area contributed by atoms with E-state index in [1.165, 1.54) is 4.90 Å². The summed E-state index contributed by atoms with van der Waals surface area (Å²) in [6, 6.07) is 15.3. The Morgan fingerprint density at radius 2 is 1.75 bits per heavy atom. The summed E-state index contributed by atoms with van der Waals surface area (Å²) in [6.07, 6.45) is 1.07. The van der Waals surface area contributed by atoms with Gasteiger partial charge in [0.1, 0.15) is 5.75 Å². The van der Waals surface area contributed by atoms with Gasteiger partial charge in [-0.2, -0.15) is 0 Å². The Bertz CT molecular complexity index is 854. The second-order valence-corrected chi connectivity index (χ2v) is 6.85. The van der Waals surface area contributed by atoms with Crippen molar-refractivity contribution in [2.75, 3.05) is 19.7 Å². The van der Waals surface area contributed by atoms with Crippen molar-refractivity contribution in [1.29, 1.82) is 0 Å². The molecule has 0 aromatic heterocycles. The number of ether oxygens (including phenoxy) is 1. The minimum Gasteiger partial charge on any atom is -0.482 e. The summed E-state index contributed by atoms with van der Waals surface area (Å²) in [5.41, 5.74) is 2.01. The number of imide groups is 1. The molecule has 1 heterocycles. The van der Waals surface area contributed by atoms with Crippen LogP contribution in [0.1, 0.15) is 19.3 Å². The van der Waals surface area contributed by atoms with Gasteiger partial charge in [0.25, 0.3) is 5.91 Å². The summed E-state index contributed by atoms with van der Waals surface area (Å²) in [5, 5.41) is 3.14. The number of halogens is 1. The number of likely N-dealkylation sites (tertiary alicyclic amines) is 1. The van der Waals surface area contributed by atoms with Crippen molar-refractivity contribution in [1.82, 2.24) is 10.2 Å². The lowest BCUT2D eigenvalue weighted by Crippen LogP contribution is -2.34. The minimum atomic E-state index is -0.290. The maximum absolute atomic E-state index is 11.9. The van der Waals surface area contributed by atoms with Crippen molar-refractivity contribution in [3.8, 4) is 16.9 Å². The van der Waals surface area contributed by atoms with Crippen LogP contribution in [-0.2, 0) is 14.4 Å².